The lowest BCUT2D eigenvalue weighted by molar-refractivity contribution is 0.0185. The highest BCUT2D eigenvalue weighted by molar-refractivity contribution is 6.76. The van der Waals surface area contributed by atoms with Gasteiger partial charge in [0.2, 0.25) is 0 Å². The first-order chi connectivity index (χ1) is 19.4. The van der Waals surface area contributed by atoms with Crippen molar-refractivity contribution in [3.8, 4) is 33.8 Å². The number of aromatic nitrogens is 7. The van der Waals surface area contributed by atoms with Crippen LogP contribution in [0.1, 0.15) is 52.2 Å². The monoisotopic (exact) mass is 572 g/mol. The van der Waals surface area contributed by atoms with Crippen molar-refractivity contribution < 1.29 is 9.53 Å². The first-order valence-electron chi connectivity index (χ1n) is 14.2. The Kier molecular flexibility index (Phi) is 7.82. The summed E-state index contributed by atoms with van der Waals surface area (Å²) in [5.41, 5.74) is 4.50. The summed E-state index contributed by atoms with van der Waals surface area (Å²) >= 11 is 0. The zero-order valence-electron chi connectivity index (χ0n) is 25.1. The number of piperidine rings is 1. The van der Waals surface area contributed by atoms with Crippen LogP contribution in [0.15, 0.2) is 55.2 Å². The van der Waals surface area contributed by atoms with E-state index in [2.05, 4.69) is 58.0 Å². The van der Waals surface area contributed by atoms with Gasteiger partial charge in [0.05, 0.1) is 26.5 Å². The summed E-state index contributed by atoms with van der Waals surface area (Å²) in [6.07, 6.45) is 11.0. The van der Waals surface area contributed by atoms with Crippen molar-refractivity contribution in [3.05, 3.63) is 55.2 Å². The van der Waals surface area contributed by atoms with Gasteiger partial charge in [-0.15, -0.1) is 5.10 Å². The van der Waals surface area contributed by atoms with Gasteiger partial charge < -0.3 is 9.64 Å². The van der Waals surface area contributed by atoms with Crippen molar-refractivity contribution in [2.75, 3.05) is 13.1 Å². The van der Waals surface area contributed by atoms with Crippen LogP contribution < -0.4 is 0 Å². The van der Waals surface area contributed by atoms with Gasteiger partial charge in [-0.05, 0) is 46.6 Å². The van der Waals surface area contributed by atoms with E-state index in [-0.39, 0.29) is 12.1 Å². The predicted molar refractivity (Wildman–Crippen MR) is 162 cm³/mol. The number of ether oxygens (including phenoxy) is 1. The fourth-order valence-electron chi connectivity index (χ4n) is 4.77. The quantitative estimate of drug-likeness (QED) is 0.251. The zero-order valence-corrected chi connectivity index (χ0v) is 26.1. The average molecular weight is 573 g/mol. The minimum atomic E-state index is -1.39. The molecular weight excluding hydrogens is 532 g/mol. The van der Waals surface area contributed by atoms with Crippen LogP contribution in [0.25, 0.3) is 33.8 Å². The van der Waals surface area contributed by atoms with Gasteiger partial charge in [-0.1, -0.05) is 43.1 Å². The molecule has 1 aliphatic rings. The molecule has 0 saturated carbocycles. The second kappa shape index (κ2) is 11.2. The van der Waals surface area contributed by atoms with Crippen LogP contribution >= 0.6 is 0 Å². The predicted octanol–water partition coefficient (Wildman–Crippen LogP) is 6.28. The smallest absolute Gasteiger partial charge is 0.410 e. The summed E-state index contributed by atoms with van der Waals surface area (Å²) in [4.78, 5) is 23.5. The van der Waals surface area contributed by atoms with Crippen LogP contribution in [0.2, 0.25) is 19.6 Å². The summed E-state index contributed by atoms with van der Waals surface area (Å²) in [6, 6.07) is 8.34. The zero-order chi connectivity index (χ0) is 29.4. The summed E-state index contributed by atoms with van der Waals surface area (Å²) in [7, 11) is -1.39. The highest BCUT2D eigenvalue weighted by Crippen LogP contribution is 2.28. The lowest BCUT2D eigenvalue weighted by Crippen LogP contribution is -2.42. The number of hydrogen-bond acceptors (Lipinski definition) is 7. The van der Waals surface area contributed by atoms with Gasteiger partial charge in [-0.3, -0.25) is 9.36 Å². The molecule has 1 fully saturated rings. The molecule has 0 aliphatic carbocycles. The van der Waals surface area contributed by atoms with Crippen LogP contribution in [0.4, 0.5) is 4.79 Å². The average Bonchev–Trinajstić information content (AvgIpc) is 3.62. The molecule has 10 nitrogen and oxygen atoms in total. The van der Waals surface area contributed by atoms with E-state index >= 15 is 0 Å². The Balaban J connectivity index is 1.24. The Morgan fingerprint density at radius 3 is 2.32 bits per heavy atom. The molecule has 0 bridgehead atoms. The molecule has 0 spiro atoms. The molecule has 1 saturated heterocycles. The molecule has 4 aromatic rings. The third kappa shape index (κ3) is 6.72. The molecule has 11 heteroatoms. The topological polar surface area (TPSA) is 104 Å². The van der Waals surface area contributed by atoms with E-state index in [0.29, 0.717) is 24.6 Å². The van der Waals surface area contributed by atoms with E-state index in [0.717, 1.165) is 40.8 Å². The first kappa shape index (κ1) is 28.7. The van der Waals surface area contributed by atoms with E-state index in [1.54, 1.807) is 4.90 Å². The summed E-state index contributed by atoms with van der Waals surface area (Å²) < 4.78 is 9.50. The van der Waals surface area contributed by atoms with E-state index in [4.69, 9.17) is 4.74 Å². The van der Waals surface area contributed by atoms with E-state index in [1.807, 2.05) is 79.3 Å². The van der Waals surface area contributed by atoms with Crippen LogP contribution in [0.5, 0.6) is 0 Å². The Hall–Kier alpha value is -3.86. The van der Waals surface area contributed by atoms with Gasteiger partial charge in [0, 0.05) is 59.6 Å². The van der Waals surface area contributed by atoms with Crippen molar-refractivity contribution in [3.63, 3.8) is 0 Å². The molecule has 41 heavy (non-hydrogen) atoms. The van der Waals surface area contributed by atoms with Crippen molar-refractivity contribution >= 4 is 14.2 Å². The molecule has 1 atom stereocenters. The second-order valence-corrected chi connectivity index (χ2v) is 18.5. The van der Waals surface area contributed by atoms with Gasteiger partial charge in [-0.25, -0.2) is 14.8 Å². The van der Waals surface area contributed by atoms with Gasteiger partial charge in [0.1, 0.15) is 11.3 Å². The third-order valence-corrected chi connectivity index (χ3v) is 10.4. The first-order valence-corrected chi connectivity index (χ1v) is 17.8. The number of amides is 1. The molecule has 0 radical (unpaired) electrons. The van der Waals surface area contributed by atoms with E-state index in [1.165, 1.54) is 0 Å². The van der Waals surface area contributed by atoms with Gasteiger partial charge >= 0.3 is 6.09 Å². The molecule has 1 unspecified atom stereocenters. The molecule has 1 aliphatic heterocycles. The minimum Gasteiger partial charge on any atom is -0.444 e. The Morgan fingerprint density at radius 2 is 1.66 bits per heavy atom. The second-order valence-electron chi connectivity index (χ2n) is 12.9. The molecular formula is C30H40N8O2Si. The van der Waals surface area contributed by atoms with Gasteiger partial charge in [0.15, 0.2) is 5.82 Å². The number of rotatable bonds is 6. The Labute approximate surface area is 242 Å². The number of benzene rings is 1. The van der Waals surface area contributed by atoms with Crippen LogP contribution in [0, 0.1) is 0 Å². The van der Waals surface area contributed by atoms with Crippen LogP contribution in [-0.2, 0) is 4.74 Å². The molecule has 0 N–H and O–H groups in total. The fraction of sp³-hybridized carbons (Fsp3) is 0.467. The molecule has 1 amide bonds. The maximum absolute atomic E-state index is 12.4. The molecule has 4 heterocycles. The third-order valence-electron chi connectivity index (χ3n) is 7.65. The fourth-order valence-corrected chi connectivity index (χ4v) is 5.68. The largest absolute Gasteiger partial charge is 0.444 e. The number of nitrogens with zero attached hydrogens (tertiary/aromatic N) is 8. The molecule has 216 valence electrons. The number of carbonyl (C=O) groups is 1. The maximum Gasteiger partial charge on any atom is 0.410 e. The van der Waals surface area contributed by atoms with Crippen molar-refractivity contribution in [1.82, 2.24) is 39.6 Å². The highest BCUT2D eigenvalue weighted by atomic mass is 28.3. The molecule has 1 aromatic carbocycles. The Bertz CT molecular complexity index is 1490. The lowest BCUT2D eigenvalue weighted by Gasteiger charge is -2.33. The normalized spacial score (nSPS) is 15.6. The van der Waals surface area contributed by atoms with Gasteiger partial charge in [0.25, 0.3) is 0 Å². The lowest BCUT2D eigenvalue weighted by atomic mass is 10.1. The highest BCUT2D eigenvalue weighted by Gasteiger charge is 2.28. The number of likely N-dealkylation sites (tertiary alicyclic amines) is 1. The summed E-state index contributed by atoms with van der Waals surface area (Å²) in [5.74, 6) is 0.653. The number of carbonyl (C=O) groups excluding carboxylic acids is 1. The maximum atomic E-state index is 12.4. The number of hydrogen-bond donors (Lipinski definition) is 0. The van der Waals surface area contributed by atoms with Crippen molar-refractivity contribution in [2.24, 2.45) is 0 Å². The van der Waals surface area contributed by atoms with Crippen molar-refractivity contribution in [1.29, 1.82) is 0 Å². The van der Waals surface area contributed by atoms with Crippen LogP contribution in [0.3, 0.4) is 0 Å². The SMILES string of the molecule is CC(n1cc(-c2cccc(-c3ncc(-c4cnn(C5CCN(C(=O)OC(C)(C)C)CC5)c4)cn3)c2)nn1)[Si](C)(C)C. The standard InChI is InChI=1S/C30H40N8O2Si/c1-21(41(5,6)7)37-20-27(34-35-37)22-9-8-10-23(15-22)28-31-16-24(17-32-28)25-18-33-38(19-25)26-11-13-36(14-12-26)29(39)40-30(2,3)4/h8-10,15-21,26H,11-14H2,1-7H3. The van der Waals surface area contributed by atoms with E-state index < -0.39 is 13.7 Å². The van der Waals surface area contributed by atoms with Gasteiger partial charge in [-0.2, -0.15) is 5.10 Å². The van der Waals surface area contributed by atoms with Crippen LogP contribution in [-0.4, -0.2) is 72.5 Å². The van der Waals surface area contributed by atoms with Crippen molar-refractivity contribution in [2.45, 2.75) is 77.5 Å². The molecule has 5 rings (SSSR count). The summed E-state index contributed by atoms with van der Waals surface area (Å²) in [5, 5.41) is 13.5. The van der Waals surface area contributed by atoms with E-state index in [9.17, 15) is 4.79 Å². The minimum absolute atomic E-state index is 0.233. The summed E-state index contributed by atoms with van der Waals surface area (Å²) in [6.45, 7) is 16.2. The molecule has 3 aromatic heterocycles. The Morgan fingerprint density at radius 1 is 0.976 bits per heavy atom.